The third kappa shape index (κ3) is 5.29. The molecule has 0 amide bonds. The zero-order valence-corrected chi connectivity index (χ0v) is 34.8. The van der Waals surface area contributed by atoms with Crippen LogP contribution in [0.3, 0.4) is 0 Å². The number of para-hydroxylation sites is 8. The third-order valence-electron chi connectivity index (χ3n) is 13.1. The Bertz CT molecular complexity index is 2640. The van der Waals surface area contributed by atoms with Crippen molar-refractivity contribution in [2.75, 3.05) is 33.7 Å². The summed E-state index contributed by atoms with van der Waals surface area (Å²) >= 11 is 0. The molecule has 60 heavy (non-hydrogen) atoms. The van der Waals surface area contributed by atoms with Crippen molar-refractivity contribution in [1.82, 2.24) is 9.97 Å². The number of benzene rings is 6. The maximum Gasteiger partial charge on any atom is 0.242 e. The van der Waals surface area contributed by atoms with Crippen LogP contribution in [0.1, 0.15) is 22.5 Å². The number of aromatic nitrogens is 2. The minimum absolute atomic E-state index is 0.0217. The number of rotatable bonds is 4. The van der Waals surface area contributed by atoms with Crippen LogP contribution in [-0.2, 0) is 0 Å². The van der Waals surface area contributed by atoms with Crippen LogP contribution in [0.4, 0.5) is 57.1 Å². The standard InChI is InChI=1S/C52H44B2N6/c1-33-31-49(59-45-27-15-11-23-41(45)57(5)42-24-12-16-28-46(42)59)55-35(3)51(33)53-37-19-7-9-21-39(37)54(40-22-10-8-20-38(40)53)52-34(2)32-50(56-36(52)4)60-47-29-17-13-25-43(47)58(6)44-26-14-18-30-48(44)60/h7-32H,1-6H3. The second kappa shape index (κ2) is 13.8. The van der Waals surface area contributed by atoms with Crippen molar-refractivity contribution < 1.29 is 0 Å². The van der Waals surface area contributed by atoms with E-state index in [0.29, 0.717) is 0 Å². The van der Waals surface area contributed by atoms with Gasteiger partial charge in [-0.25, -0.2) is 9.97 Å². The molecular weight excluding hydrogens is 730 g/mol. The van der Waals surface area contributed by atoms with Crippen LogP contribution < -0.4 is 52.4 Å². The van der Waals surface area contributed by atoms with E-state index in [-0.39, 0.29) is 13.4 Å². The number of anilines is 10. The Hall–Kier alpha value is -7.05. The molecule has 0 spiro atoms. The maximum atomic E-state index is 5.49. The van der Waals surface area contributed by atoms with Gasteiger partial charge in [-0.3, -0.25) is 9.80 Å². The predicted molar refractivity (Wildman–Crippen MR) is 255 cm³/mol. The van der Waals surface area contributed by atoms with Gasteiger partial charge in [-0.05, 0) is 99.3 Å². The Morgan fingerprint density at radius 1 is 0.350 bits per heavy atom. The van der Waals surface area contributed by atoms with Crippen LogP contribution in [-0.4, -0.2) is 37.5 Å². The summed E-state index contributed by atoms with van der Waals surface area (Å²) in [5.74, 6) is 1.86. The molecule has 11 rings (SSSR count). The van der Waals surface area contributed by atoms with Crippen molar-refractivity contribution in [1.29, 1.82) is 0 Å². The Kier molecular flexibility index (Phi) is 8.28. The topological polar surface area (TPSA) is 38.7 Å². The zero-order valence-electron chi connectivity index (χ0n) is 34.8. The summed E-state index contributed by atoms with van der Waals surface area (Å²) in [5.41, 5.74) is 21.5. The number of fused-ring (bicyclic) bond motifs is 6. The number of nitrogens with zero attached hydrogens (tertiary/aromatic N) is 6. The Balaban J connectivity index is 1.04. The molecule has 0 saturated heterocycles. The molecule has 5 heterocycles. The summed E-state index contributed by atoms with van der Waals surface area (Å²) in [6.45, 7) is 8.97. The van der Waals surface area contributed by atoms with Crippen LogP contribution in [0.2, 0.25) is 0 Å². The van der Waals surface area contributed by atoms with Crippen LogP contribution in [0.25, 0.3) is 0 Å². The molecule has 0 saturated carbocycles. The molecule has 0 aliphatic carbocycles. The highest BCUT2D eigenvalue weighted by Gasteiger charge is 2.41. The molecule has 3 aliphatic heterocycles. The first-order valence-electron chi connectivity index (χ1n) is 20.9. The van der Waals surface area contributed by atoms with Crippen molar-refractivity contribution in [3.05, 3.63) is 180 Å². The van der Waals surface area contributed by atoms with Crippen LogP contribution in [0.15, 0.2) is 158 Å². The van der Waals surface area contributed by atoms with Gasteiger partial charge in [0.1, 0.15) is 11.6 Å². The monoisotopic (exact) mass is 774 g/mol. The molecule has 6 aromatic carbocycles. The third-order valence-corrected chi connectivity index (χ3v) is 13.1. The first-order valence-corrected chi connectivity index (χ1v) is 20.9. The first-order chi connectivity index (χ1) is 29.3. The second-order valence-electron chi connectivity index (χ2n) is 16.5. The first kappa shape index (κ1) is 36.1. The highest BCUT2D eigenvalue weighted by Crippen LogP contribution is 2.51. The fourth-order valence-corrected chi connectivity index (χ4v) is 10.5. The van der Waals surface area contributed by atoms with Crippen molar-refractivity contribution in [2.24, 2.45) is 0 Å². The zero-order chi connectivity index (χ0) is 40.8. The highest BCUT2D eigenvalue weighted by molar-refractivity contribution is 7.11. The molecule has 0 atom stereocenters. The van der Waals surface area contributed by atoms with Gasteiger partial charge in [0.25, 0.3) is 0 Å². The fourth-order valence-electron chi connectivity index (χ4n) is 10.5. The smallest absolute Gasteiger partial charge is 0.242 e. The fraction of sp³-hybridized carbons (Fsp3) is 0.115. The lowest BCUT2D eigenvalue weighted by Crippen LogP contribution is -2.75. The average Bonchev–Trinajstić information content (AvgIpc) is 3.27. The lowest BCUT2D eigenvalue weighted by Gasteiger charge is -2.39. The lowest BCUT2D eigenvalue weighted by molar-refractivity contribution is 1.08. The van der Waals surface area contributed by atoms with Gasteiger partial charge in [0.05, 0.1) is 45.5 Å². The quantitative estimate of drug-likeness (QED) is 0.168. The van der Waals surface area contributed by atoms with E-state index < -0.39 is 0 Å². The molecule has 3 aliphatic rings. The lowest BCUT2D eigenvalue weighted by atomic mass is 9.20. The molecule has 0 N–H and O–H groups in total. The normalized spacial score (nSPS) is 13.6. The highest BCUT2D eigenvalue weighted by atomic mass is 15.3. The van der Waals surface area contributed by atoms with E-state index in [4.69, 9.17) is 9.97 Å². The summed E-state index contributed by atoms with van der Waals surface area (Å²) in [4.78, 5) is 20.2. The van der Waals surface area contributed by atoms with Gasteiger partial charge in [0.15, 0.2) is 0 Å². The van der Waals surface area contributed by atoms with E-state index in [1.54, 1.807) is 0 Å². The molecule has 2 aromatic heterocycles. The molecule has 288 valence electrons. The van der Waals surface area contributed by atoms with Gasteiger partial charge in [0, 0.05) is 25.5 Å². The molecule has 8 heteroatoms. The summed E-state index contributed by atoms with van der Waals surface area (Å²) in [5, 5.41) is 0. The van der Waals surface area contributed by atoms with Gasteiger partial charge in [-0.2, -0.15) is 0 Å². The summed E-state index contributed by atoms with van der Waals surface area (Å²) < 4.78 is 0. The number of hydrogen-bond acceptors (Lipinski definition) is 6. The van der Waals surface area contributed by atoms with E-state index in [2.05, 4.69) is 219 Å². The van der Waals surface area contributed by atoms with Crippen LogP contribution >= 0.6 is 0 Å². The minimum atomic E-state index is 0.0217. The number of hydrogen-bond donors (Lipinski definition) is 0. The van der Waals surface area contributed by atoms with Gasteiger partial charge in [0.2, 0.25) is 13.4 Å². The van der Waals surface area contributed by atoms with E-state index in [0.717, 1.165) is 68.5 Å². The molecule has 0 fully saturated rings. The summed E-state index contributed by atoms with van der Waals surface area (Å²) in [6.07, 6.45) is 0. The Labute approximate surface area is 353 Å². The van der Waals surface area contributed by atoms with E-state index in [9.17, 15) is 0 Å². The van der Waals surface area contributed by atoms with E-state index in [1.807, 2.05) is 0 Å². The molecule has 6 nitrogen and oxygen atoms in total. The molecule has 8 aromatic rings. The molecular formula is C52H44B2N6. The second-order valence-corrected chi connectivity index (χ2v) is 16.5. The van der Waals surface area contributed by atoms with E-state index in [1.165, 1.54) is 43.9 Å². The largest absolute Gasteiger partial charge is 0.341 e. The van der Waals surface area contributed by atoms with Crippen molar-refractivity contribution in [2.45, 2.75) is 27.7 Å². The minimum Gasteiger partial charge on any atom is -0.341 e. The van der Waals surface area contributed by atoms with Crippen LogP contribution in [0, 0.1) is 27.7 Å². The predicted octanol–water partition coefficient (Wildman–Crippen LogP) is 8.16. The molecule has 0 bridgehead atoms. The SMILES string of the molecule is Cc1cc(N2c3ccccc3N(C)c3ccccc32)nc(C)c1B1c2ccccc2B(c2c(C)cc(N3c4ccccc4N(C)c4ccccc43)nc2C)c2ccccc21. The van der Waals surface area contributed by atoms with Crippen molar-refractivity contribution in [3.8, 4) is 0 Å². The number of pyridine rings is 2. The van der Waals surface area contributed by atoms with Crippen molar-refractivity contribution in [3.63, 3.8) is 0 Å². The number of aryl methyl sites for hydroxylation is 4. The maximum absolute atomic E-state index is 5.49. The average molecular weight is 775 g/mol. The van der Waals surface area contributed by atoms with Gasteiger partial charge in [-0.1, -0.05) is 130 Å². The Morgan fingerprint density at radius 2 is 0.600 bits per heavy atom. The molecule has 0 radical (unpaired) electrons. The van der Waals surface area contributed by atoms with E-state index >= 15 is 0 Å². The van der Waals surface area contributed by atoms with Gasteiger partial charge >= 0.3 is 0 Å². The van der Waals surface area contributed by atoms with Crippen molar-refractivity contribution >= 4 is 103 Å². The van der Waals surface area contributed by atoms with Gasteiger partial charge < -0.3 is 9.80 Å². The Morgan fingerprint density at radius 3 is 0.867 bits per heavy atom. The summed E-state index contributed by atoms with van der Waals surface area (Å²) in [6, 6.07) is 57.2. The van der Waals surface area contributed by atoms with Gasteiger partial charge in [-0.15, -0.1) is 0 Å². The molecule has 0 unspecified atom stereocenters. The summed E-state index contributed by atoms with van der Waals surface area (Å²) in [7, 11) is 4.29. The van der Waals surface area contributed by atoms with Crippen LogP contribution in [0.5, 0.6) is 0 Å².